The SMILES string of the molecule is CCCCC(=O)Nc1ccc(SCC(=O)Nc2c(C)cccc2C)cc1. The number of hydrogen-bond donors (Lipinski definition) is 2. The zero-order valence-corrected chi connectivity index (χ0v) is 16.4. The van der Waals surface area contributed by atoms with E-state index in [4.69, 9.17) is 0 Å². The van der Waals surface area contributed by atoms with Crippen LogP contribution in [0.3, 0.4) is 0 Å². The molecule has 0 fully saturated rings. The zero-order chi connectivity index (χ0) is 18.9. The summed E-state index contributed by atoms with van der Waals surface area (Å²) in [6.45, 7) is 6.04. The average Bonchev–Trinajstić information content (AvgIpc) is 2.62. The number of para-hydroxylation sites is 1. The van der Waals surface area contributed by atoms with E-state index in [0.717, 1.165) is 40.2 Å². The van der Waals surface area contributed by atoms with Gasteiger partial charge in [-0.25, -0.2) is 0 Å². The van der Waals surface area contributed by atoms with Gasteiger partial charge in [0.1, 0.15) is 0 Å². The zero-order valence-electron chi connectivity index (χ0n) is 15.6. The third kappa shape index (κ3) is 6.23. The maximum absolute atomic E-state index is 12.2. The van der Waals surface area contributed by atoms with E-state index in [2.05, 4.69) is 17.6 Å². The lowest BCUT2D eigenvalue weighted by Crippen LogP contribution is -2.15. The molecule has 0 radical (unpaired) electrons. The first-order chi connectivity index (χ1) is 12.5. The fraction of sp³-hybridized carbons (Fsp3) is 0.333. The molecule has 5 heteroatoms. The van der Waals surface area contributed by atoms with Crippen LogP contribution in [0.2, 0.25) is 0 Å². The molecule has 2 amide bonds. The standard InChI is InChI=1S/C21H26N2O2S/c1-4-5-9-19(24)22-17-10-12-18(13-11-17)26-14-20(25)23-21-15(2)7-6-8-16(21)3/h6-8,10-13H,4-5,9,14H2,1-3H3,(H,22,24)(H,23,25). The Hall–Kier alpha value is -2.27. The third-order valence-corrected chi connectivity index (χ3v) is 5.02. The molecule has 2 aromatic rings. The van der Waals surface area contributed by atoms with Gasteiger partial charge in [-0.05, 0) is 55.7 Å². The van der Waals surface area contributed by atoms with Crippen LogP contribution in [0.4, 0.5) is 11.4 Å². The number of thioether (sulfide) groups is 1. The normalized spacial score (nSPS) is 10.4. The molecule has 0 atom stereocenters. The first kappa shape index (κ1) is 20.0. The van der Waals surface area contributed by atoms with Gasteiger partial charge in [0.2, 0.25) is 11.8 Å². The van der Waals surface area contributed by atoms with Crippen molar-refractivity contribution in [3.05, 3.63) is 53.6 Å². The van der Waals surface area contributed by atoms with E-state index >= 15 is 0 Å². The molecule has 2 rings (SSSR count). The van der Waals surface area contributed by atoms with Crippen LogP contribution in [0.15, 0.2) is 47.4 Å². The largest absolute Gasteiger partial charge is 0.326 e. The highest BCUT2D eigenvalue weighted by atomic mass is 32.2. The minimum Gasteiger partial charge on any atom is -0.326 e. The number of aryl methyl sites for hydroxylation is 2. The minimum atomic E-state index is -0.0238. The van der Waals surface area contributed by atoms with E-state index in [1.165, 1.54) is 11.8 Å². The highest BCUT2D eigenvalue weighted by Crippen LogP contribution is 2.23. The summed E-state index contributed by atoms with van der Waals surface area (Å²) in [6.07, 6.45) is 2.45. The lowest BCUT2D eigenvalue weighted by atomic mass is 10.1. The molecule has 4 nitrogen and oxygen atoms in total. The molecule has 0 aliphatic rings. The van der Waals surface area contributed by atoms with Crippen molar-refractivity contribution in [3.8, 4) is 0 Å². The van der Waals surface area contributed by atoms with Crippen LogP contribution in [0.5, 0.6) is 0 Å². The molecule has 2 N–H and O–H groups in total. The van der Waals surface area contributed by atoms with Crippen LogP contribution >= 0.6 is 11.8 Å². The number of unbranched alkanes of at least 4 members (excludes halogenated alkanes) is 1. The molecule has 0 unspecified atom stereocenters. The first-order valence-corrected chi connectivity index (χ1v) is 9.87. The molecule has 0 spiro atoms. The Balaban J connectivity index is 1.84. The Labute approximate surface area is 159 Å². The second-order valence-electron chi connectivity index (χ2n) is 6.28. The smallest absolute Gasteiger partial charge is 0.234 e. The molecule has 0 aliphatic heterocycles. The predicted molar refractivity (Wildman–Crippen MR) is 110 cm³/mol. The van der Waals surface area contributed by atoms with E-state index in [1.807, 2.05) is 56.3 Å². The molecule has 0 saturated carbocycles. The van der Waals surface area contributed by atoms with Crippen molar-refractivity contribution in [2.45, 2.75) is 44.9 Å². The van der Waals surface area contributed by atoms with Crippen molar-refractivity contribution < 1.29 is 9.59 Å². The Morgan fingerprint density at radius 3 is 2.19 bits per heavy atom. The number of benzene rings is 2. The van der Waals surface area contributed by atoms with Crippen molar-refractivity contribution in [2.75, 3.05) is 16.4 Å². The molecule has 0 aliphatic carbocycles. The van der Waals surface area contributed by atoms with E-state index < -0.39 is 0 Å². The fourth-order valence-electron chi connectivity index (χ4n) is 2.53. The fourth-order valence-corrected chi connectivity index (χ4v) is 3.23. The molecular formula is C21H26N2O2S. The van der Waals surface area contributed by atoms with Crippen molar-refractivity contribution in [2.24, 2.45) is 0 Å². The molecule has 26 heavy (non-hydrogen) atoms. The van der Waals surface area contributed by atoms with Crippen LogP contribution in [0.25, 0.3) is 0 Å². The average molecular weight is 371 g/mol. The lowest BCUT2D eigenvalue weighted by molar-refractivity contribution is -0.116. The van der Waals surface area contributed by atoms with Crippen molar-refractivity contribution in [1.82, 2.24) is 0 Å². The number of anilines is 2. The molecule has 0 saturated heterocycles. The van der Waals surface area contributed by atoms with Gasteiger partial charge >= 0.3 is 0 Å². The van der Waals surface area contributed by atoms with Crippen LogP contribution < -0.4 is 10.6 Å². The van der Waals surface area contributed by atoms with Gasteiger partial charge in [-0.15, -0.1) is 11.8 Å². The quantitative estimate of drug-likeness (QED) is 0.631. The maximum atomic E-state index is 12.2. The van der Waals surface area contributed by atoms with Gasteiger partial charge in [-0.3, -0.25) is 9.59 Å². The summed E-state index contributed by atoms with van der Waals surface area (Å²) in [4.78, 5) is 24.9. The first-order valence-electron chi connectivity index (χ1n) is 8.88. The Bertz CT molecular complexity index is 737. The summed E-state index contributed by atoms with van der Waals surface area (Å²) >= 11 is 1.48. The molecule has 0 bridgehead atoms. The Morgan fingerprint density at radius 2 is 1.58 bits per heavy atom. The topological polar surface area (TPSA) is 58.2 Å². The summed E-state index contributed by atoms with van der Waals surface area (Å²) in [7, 11) is 0. The van der Waals surface area contributed by atoms with Crippen LogP contribution in [-0.2, 0) is 9.59 Å². The third-order valence-electron chi connectivity index (χ3n) is 4.01. The summed E-state index contributed by atoms with van der Waals surface area (Å²) < 4.78 is 0. The number of amides is 2. The van der Waals surface area contributed by atoms with Gasteiger partial charge in [0.25, 0.3) is 0 Å². The minimum absolute atomic E-state index is 0.0238. The predicted octanol–water partition coefficient (Wildman–Crippen LogP) is 5.16. The number of rotatable bonds is 8. The second-order valence-corrected chi connectivity index (χ2v) is 7.33. The number of carbonyl (C=O) groups excluding carboxylic acids is 2. The second kappa shape index (κ2) is 10.0. The van der Waals surface area contributed by atoms with Gasteiger partial charge in [-0.2, -0.15) is 0 Å². The summed E-state index contributed by atoms with van der Waals surface area (Å²) in [5, 5.41) is 5.88. The highest BCUT2D eigenvalue weighted by molar-refractivity contribution is 8.00. The number of nitrogens with one attached hydrogen (secondary N) is 2. The molecule has 0 heterocycles. The van der Waals surface area contributed by atoms with E-state index in [0.29, 0.717) is 12.2 Å². The van der Waals surface area contributed by atoms with Gasteiger partial charge < -0.3 is 10.6 Å². The van der Waals surface area contributed by atoms with Gasteiger partial charge in [-0.1, -0.05) is 31.5 Å². The molecular weight excluding hydrogens is 344 g/mol. The summed E-state index contributed by atoms with van der Waals surface area (Å²) in [5.41, 5.74) is 3.80. The van der Waals surface area contributed by atoms with Crippen LogP contribution in [0, 0.1) is 13.8 Å². The summed E-state index contributed by atoms with van der Waals surface area (Å²) in [6, 6.07) is 13.5. The van der Waals surface area contributed by atoms with Crippen molar-refractivity contribution in [3.63, 3.8) is 0 Å². The molecule has 0 aromatic heterocycles. The van der Waals surface area contributed by atoms with E-state index in [1.54, 1.807) is 0 Å². The number of carbonyl (C=O) groups is 2. The monoisotopic (exact) mass is 370 g/mol. The van der Waals surface area contributed by atoms with Crippen molar-refractivity contribution >= 4 is 35.0 Å². The van der Waals surface area contributed by atoms with Gasteiger partial charge in [0.15, 0.2) is 0 Å². The molecule has 138 valence electrons. The highest BCUT2D eigenvalue weighted by Gasteiger charge is 2.08. The van der Waals surface area contributed by atoms with Crippen molar-refractivity contribution in [1.29, 1.82) is 0 Å². The Kier molecular flexibility index (Phi) is 7.73. The van der Waals surface area contributed by atoms with Gasteiger partial charge in [0, 0.05) is 22.7 Å². The number of hydrogen-bond acceptors (Lipinski definition) is 3. The lowest BCUT2D eigenvalue weighted by Gasteiger charge is -2.11. The van der Waals surface area contributed by atoms with E-state index in [9.17, 15) is 9.59 Å². The van der Waals surface area contributed by atoms with E-state index in [-0.39, 0.29) is 11.8 Å². The molecule has 2 aromatic carbocycles. The van der Waals surface area contributed by atoms with Gasteiger partial charge in [0.05, 0.1) is 5.75 Å². The van der Waals surface area contributed by atoms with Crippen LogP contribution in [0.1, 0.15) is 37.3 Å². The summed E-state index contributed by atoms with van der Waals surface area (Å²) in [5.74, 6) is 0.361. The van der Waals surface area contributed by atoms with Crippen LogP contribution in [-0.4, -0.2) is 17.6 Å². The maximum Gasteiger partial charge on any atom is 0.234 e. The Morgan fingerprint density at radius 1 is 0.923 bits per heavy atom.